The van der Waals surface area contributed by atoms with Gasteiger partial charge in [-0.3, -0.25) is 9.59 Å². The minimum absolute atomic E-state index is 0.0201. The van der Waals surface area contributed by atoms with Crippen LogP contribution in [0.2, 0.25) is 5.15 Å². The molecule has 0 aliphatic rings. The Morgan fingerprint density at radius 3 is 2.85 bits per heavy atom. The van der Waals surface area contributed by atoms with E-state index in [1.807, 2.05) is 0 Å². The van der Waals surface area contributed by atoms with Gasteiger partial charge >= 0.3 is 5.97 Å². The number of aromatic nitrogens is 1. The number of H-pyrrole nitrogens is 1. The Kier molecular flexibility index (Phi) is 3.08. The summed E-state index contributed by atoms with van der Waals surface area (Å²) in [5.74, 6) is -0.419. The summed E-state index contributed by atoms with van der Waals surface area (Å²) in [6.45, 7) is 0. The predicted molar refractivity (Wildman–Crippen MR) is 47.8 cm³/mol. The number of hydrogen-bond acceptors (Lipinski definition) is 3. The van der Waals surface area contributed by atoms with Crippen LogP contribution in [0.15, 0.2) is 16.9 Å². The van der Waals surface area contributed by atoms with Crippen LogP contribution in [0.4, 0.5) is 0 Å². The van der Waals surface area contributed by atoms with Gasteiger partial charge < -0.3 is 9.72 Å². The van der Waals surface area contributed by atoms with E-state index in [9.17, 15) is 9.59 Å². The van der Waals surface area contributed by atoms with Gasteiger partial charge in [-0.15, -0.1) is 0 Å². The molecular formula is C8H8ClNO3. The van der Waals surface area contributed by atoms with Crippen LogP contribution in [0.5, 0.6) is 0 Å². The lowest BCUT2D eigenvalue weighted by molar-refractivity contribution is -0.139. The molecule has 1 aromatic rings. The zero-order valence-corrected chi connectivity index (χ0v) is 7.72. The van der Waals surface area contributed by atoms with E-state index in [-0.39, 0.29) is 17.0 Å². The van der Waals surface area contributed by atoms with E-state index in [2.05, 4.69) is 9.72 Å². The molecule has 5 heteroatoms. The van der Waals surface area contributed by atoms with Crippen LogP contribution in [0, 0.1) is 0 Å². The van der Waals surface area contributed by atoms with Gasteiger partial charge in [0.2, 0.25) is 0 Å². The largest absolute Gasteiger partial charge is 0.469 e. The van der Waals surface area contributed by atoms with Crippen molar-refractivity contribution in [3.05, 3.63) is 33.2 Å². The summed E-state index contributed by atoms with van der Waals surface area (Å²) < 4.78 is 4.43. The molecule has 0 fully saturated rings. The fourth-order valence-electron chi connectivity index (χ4n) is 0.887. The minimum Gasteiger partial charge on any atom is -0.469 e. The number of carbonyl (C=O) groups excluding carboxylic acids is 1. The van der Waals surface area contributed by atoms with Gasteiger partial charge in [0, 0.05) is 17.8 Å². The number of hydrogen-bond donors (Lipinski definition) is 1. The van der Waals surface area contributed by atoms with Crippen molar-refractivity contribution in [2.75, 3.05) is 7.11 Å². The Morgan fingerprint density at radius 1 is 1.62 bits per heavy atom. The molecule has 70 valence electrons. The average Bonchev–Trinajstić information content (AvgIpc) is 2.02. The lowest BCUT2D eigenvalue weighted by atomic mass is 10.3. The summed E-state index contributed by atoms with van der Waals surface area (Å²) >= 11 is 5.57. The van der Waals surface area contributed by atoms with Gasteiger partial charge in [-0.05, 0) is 0 Å². The highest BCUT2D eigenvalue weighted by atomic mass is 35.5. The Bertz CT molecular complexity index is 372. The second-order valence-electron chi connectivity index (χ2n) is 2.44. The molecule has 4 nitrogen and oxygen atoms in total. The fourth-order valence-corrected chi connectivity index (χ4v) is 1.12. The number of carbonyl (C=O) groups is 1. The molecule has 1 rings (SSSR count). The number of methoxy groups -OCH3 is 1. The molecule has 0 amide bonds. The van der Waals surface area contributed by atoms with Gasteiger partial charge in [-0.2, -0.15) is 0 Å². The monoisotopic (exact) mass is 201 g/mol. The summed E-state index contributed by atoms with van der Waals surface area (Å²) in [5, 5.41) is 0.214. The normalized spacial score (nSPS) is 9.69. The lowest BCUT2D eigenvalue weighted by Gasteiger charge is -1.99. The number of esters is 1. The van der Waals surface area contributed by atoms with Crippen molar-refractivity contribution in [1.82, 2.24) is 4.98 Å². The summed E-state index contributed by atoms with van der Waals surface area (Å²) in [4.78, 5) is 24.4. The van der Waals surface area contributed by atoms with Crippen molar-refractivity contribution in [2.24, 2.45) is 0 Å². The van der Waals surface area contributed by atoms with Crippen molar-refractivity contribution >= 4 is 17.6 Å². The molecule has 1 heterocycles. The third kappa shape index (κ3) is 2.91. The van der Waals surface area contributed by atoms with E-state index in [4.69, 9.17) is 11.6 Å². The zero-order chi connectivity index (χ0) is 9.84. The van der Waals surface area contributed by atoms with E-state index in [0.29, 0.717) is 5.69 Å². The van der Waals surface area contributed by atoms with Gasteiger partial charge in [-0.25, -0.2) is 0 Å². The molecule has 0 aliphatic heterocycles. The number of ether oxygens (including phenoxy) is 1. The lowest BCUT2D eigenvalue weighted by Crippen LogP contribution is -2.09. The van der Waals surface area contributed by atoms with E-state index < -0.39 is 5.97 Å². The molecule has 13 heavy (non-hydrogen) atoms. The SMILES string of the molecule is COC(=O)Cc1cc(=O)cc(Cl)[nH]1. The Morgan fingerprint density at radius 2 is 2.31 bits per heavy atom. The smallest absolute Gasteiger partial charge is 0.311 e. The van der Waals surface area contributed by atoms with E-state index in [1.54, 1.807) is 0 Å². The first-order valence-electron chi connectivity index (χ1n) is 3.57. The predicted octanol–water partition coefficient (Wildman–Crippen LogP) is 0.744. The number of aromatic amines is 1. The average molecular weight is 202 g/mol. The van der Waals surface area contributed by atoms with Crippen LogP contribution in [0.1, 0.15) is 5.69 Å². The molecule has 0 saturated carbocycles. The first-order chi connectivity index (χ1) is 6.11. The zero-order valence-electron chi connectivity index (χ0n) is 6.96. The number of rotatable bonds is 2. The van der Waals surface area contributed by atoms with Crippen LogP contribution in [-0.2, 0) is 16.0 Å². The first kappa shape index (κ1) is 9.80. The van der Waals surface area contributed by atoms with Crippen molar-refractivity contribution in [2.45, 2.75) is 6.42 Å². The molecule has 0 atom stereocenters. The van der Waals surface area contributed by atoms with E-state index in [1.165, 1.54) is 19.2 Å². The van der Waals surface area contributed by atoms with E-state index in [0.717, 1.165) is 0 Å². The third-order valence-corrected chi connectivity index (χ3v) is 1.63. The van der Waals surface area contributed by atoms with Crippen molar-refractivity contribution in [3.63, 3.8) is 0 Å². The van der Waals surface area contributed by atoms with E-state index >= 15 is 0 Å². The molecule has 0 spiro atoms. The highest BCUT2D eigenvalue weighted by molar-refractivity contribution is 6.29. The highest BCUT2D eigenvalue weighted by Crippen LogP contribution is 2.02. The van der Waals surface area contributed by atoms with Crippen LogP contribution in [0.3, 0.4) is 0 Å². The maximum atomic E-state index is 10.9. The molecule has 1 aromatic heterocycles. The standard InChI is InChI=1S/C8H8ClNO3/c1-13-8(12)3-5-2-6(11)4-7(9)10-5/h2,4H,3H2,1H3,(H,10,11). The second kappa shape index (κ2) is 4.09. The molecule has 0 aliphatic carbocycles. The quantitative estimate of drug-likeness (QED) is 0.567. The van der Waals surface area contributed by atoms with Crippen LogP contribution in [0.25, 0.3) is 0 Å². The molecule has 1 N–H and O–H groups in total. The van der Waals surface area contributed by atoms with Gasteiger partial charge in [0.15, 0.2) is 5.43 Å². The van der Waals surface area contributed by atoms with Crippen LogP contribution in [-0.4, -0.2) is 18.1 Å². The van der Waals surface area contributed by atoms with Gasteiger partial charge in [0.05, 0.1) is 13.5 Å². The second-order valence-corrected chi connectivity index (χ2v) is 2.85. The number of halogens is 1. The summed E-state index contributed by atoms with van der Waals surface area (Å²) in [6.07, 6.45) is 0.0201. The van der Waals surface area contributed by atoms with Crippen molar-refractivity contribution in [1.29, 1.82) is 0 Å². The van der Waals surface area contributed by atoms with Crippen molar-refractivity contribution in [3.8, 4) is 0 Å². The van der Waals surface area contributed by atoms with Crippen LogP contribution < -0.4 is 5.43 Å². The summed E-state index contributed by atoms with van der Waals surface area (Å²) in [7, 11) is 1.28. The highest BCUT2D eigenvalue weighted by Gasteiger charge is 2.04. The van der Waals surface area contributed by atoms with Gasteiger partial charge in [0.25, 0.3) is 0 Å². The summed E-state index contributed by atoms with van der Waals surface area (Å²) in [5.41, 5.74) is 0.215. The molecule has 0 bridgehead atoms. The number of pyridine rings is 1. The maximum Gasteiger partial charge on any atom is 0.311 e. The van der Waals surface area contributed by atoms with Crippen molar-refractivity contribution < 1.29 is 9.53 Å². The molecular weight excluding hydrogens is 194 g/mol. The molecule has 0 aromatic carbocycles. The molecule has 0 unspecified atom stereocenters. The topological polar surface area (TPSA) is 59.2 Å². The Hall–Kier alpha value is -1.29. The molecule has 0 saturated heterocycles. The van der Waals surface area contributed by atoms with Crippen LogP contribution >= 0.6 is 11.6 Å². The van der Waals surface area contributed by atoms with Gasteiger partial charge in [0.1, 0.15) is 5.15 Å². The molecule has 0 radical (unpaired) electrons. The minimum atomic E-state index is -0.419. The summed E-state index contributed by atoms with van der Waals surface area (Å²) in [6, 6.07) is 2.55. The maximum absolute atomic E-state index is 10.9. The Balaban J connectivity index is 2.89. The number of nitrogens with one attached hydrogen (secondary N) is 1. The Labute approximate surface area is 79.5 Å². The first-order valence-corrected chi connectivity index (χ1v) is 3.95. The third-order valence-electron chi connectivity index (χ3n) is 1.43. The fraction of sp³-hybridized carbons (Fsp3) is 0.250. The van der Waals surface area contributed by atoms with Gasteiger partial charge in [-0.1, -0.05) is 11.6 Å².